The third kappa shape index (κ3) is 3.94. The molecule has 10 nitrogen and oxygen atoms in total. The van der Waals surface area contributed by atoms with Gasteiger partial charge in [0.1, 0.15) is 5.52 Å². The molecule has 3 heterocycles. The van der Waals surface area contributed by atoms with E-state index in [9.17, 15) is 14.7 Å². The lowest BCUT2D eigenvalue weighted by Gasteiger charge is -2.16. The minimum Gasteiger partial charge on any atom is -0.395 e. The summed E-state index contributed by atoms with van der Waals surface area (Å²) < 4.78 is 1.90. The molecule has 0 atom stereocenters. The number of rotatable bonds is 8. The van der Waals surface area contributed by atoms with E-state index in [2.05, 4.69) is 20.3 Å². The first-order valence-corrected chi connectivity index (χ1v) is 9.82. The smallest absolute Gasteiger partial charge is 0.248 e. The van der Waals surface area contributed by atoms with Gasteiger partial charge in [0.05, 0.1) is 12.9 Å². The van der Waals surface area contributed by atoms with Gasteiger partial charge in [-0.3, -0.25) is 9.59 Å². The van der Waals surface area contributed by atoms with Crippen molar-refractivity contribution in [1.29, 1.82) is 0 Å². The number of fused-ring (bicyclic) bond motifs is 1. The summed E-state index contributed by atoms with van der Waals surface area (Å²) >= 11 is 0. The number of imidazole rings is 1. The number of benzene rings is 1. The molecular weight excluding hydrogens is 386 g/mol. The molecule has 0 aliphatic carbocycles. The first-order valence-electron chi connectivity index (χ1n) is 9.82. The van der Waals surface area contributed by atoms with Gasteiger partial charge in [-0.2, -0.15) is 0 Å². The highest BCUT2D eigenvalue weighted by atomic mass is 16.3. The van der Waals surface area contributed by atoms with E-state index in [1.807, 2.05) is 9.47 Å². The van der Waals surface area contributed by atoms with Gasteiger partial charge in [0.15, 0.2) is 17.3 Å². The maximum absolute atomic E-state index is 11.9. The van der Waals surface area contributed by atoms with Crippen LogP contribution in [0.3, 0.4) is 0 Å². The largest absolute Gasteiger partial charge is 0.395 e. The summed E-state index contributed by atoms with van der Waals surface area (Å²) in [6, 6.07) is 6.73. The van der Waals surface area contributed by atoms with Gasteiger partial charge in [-0.25, -0.2) is 15.0 Å². The lowest BCUT2D eigenvalue weighted by atomic mass is 10.1. The van der Waals surface area contributed by atoms with Gasteiger partial charge in [-0.1, -0.05) is 12.1 Å². The van der Waals surface area contributed by atoms with E-state index >= 15 is 0 Å². The van der Waals surface area contributed by atoms with Gasteiger partial charge < -0.3 is 25.6 Å². The number of aliphatic hydroxyl groups is 1. The summed E-state index contributed by atoms with van der Waals surface area (Å²) in [6.07, 6.45) is 3.18. The third-order valence-corrected chi connectivity index (χ3v) is 5.08. The molecule has 1 fully saturated rings. The van der Waals surface area contributed by atoms with Crippen LogP contribution in [0.4, 0.5) is 5.82 Å². The van der Waals surface area contributed by atoms with E-state index in [1.165, 1.54) is 0 Å². The third-order valence-electron chi connectivity index (χ3n) is 5.08. The second kappa shape index (κ2) is 8.46. The summed E-state index contributed by atoms with van der Waals surface area (Å²) in [7, 11) is 0. The number of carbonyl (C=O) groups excluding carboxylic acids is 2. The molecule has 156 valence electrons. The number of carbonyl (C=O) groups is 2. The molecule has 3 aromatic rings. The van der Waals surface area contributed by atoms with Crippen LogP contribution in [0.15, 0.2) is 30.6 Å². The van der Waals surface area contributed by atoms with Crippen molar-refractivity contribution >= 4 is 28.8 Å². The van der Waals surface area contributed by atoms with Crippen LogP contribution in [0.1, 0.15) is 23.2 Å². The summed E-state index contributed by atoms with van der Waals surface area (Å²) in [5.74, 6) is 0.643. The zero-order valence-corrected chi connectivity index (χ0v) is 16.4. The predicted octanol–water partition coefficient (Wildman–Crippen LogP) is 0.619. The molecule has 0 radical (unpaired) electrons. The molecule has 0 saturated carbocycles. The molecule has 30 heavy (non-hydrogen) atoms. The molecule has 1 saturated heterocycles. The van der Waals surface area contributed by atoms with Crippen molar-refractivity contribution in [2.24, 2.45) is 5.73 Å². The van der Waals surface area contributed by atoms with Crippen molar-refractivity contribution in [3.63, 3.8) is 0 Å². The van der Waals surface area contributed by atoms with Crippen LogP contribution in [-0.4, -0.2) is 67.6 Å². The van der Waals surface area contributed by atoms with Gasteiger partial charge >= 0.3 is 0 Å². The fourth-order valence-corrected chi connectivity index (χ4v) is 3.49. The summed E-state index contributed by atoms with van der Waals surface area (Å²) in [4.78, 5) is 38.7. The summed E-state index contributed by atoms with van der Waals surface area (Å²) in [6.45, 7) is 2.21. The molecule has 4 rings (SSSR count). The average Bonchev–Trinajstić information content (AvgIpc) is 3.36. The molecule has 10 heteroatoms. The number of hydrogen-bond acceptors (Lipinski definition) is 7. The number of hydrogen-bond donors (Lipinski definition) is 3. The number of nitrogens with one attached hydrogen (secondary N) is 1. The zero-order chi connectivity index (χ0) is 21.1. The highest BCUT2D eigenvalue weighted by Crippen LogP contribution is 2.24. The maximum Gasteiger partial charge on any atom is 0.248 e. The Morgan fingerprint density at radius 2 is 2.00 bits per heavy atom. The van der Waals surface area contributed by atoms with Crippen LogP contribution >= 0.6 is 0 Å². The van der Waals surface area contributed by atoms with Crippen LogP contribution in [0.2, 0.25) is 0 Å². The predicted molar refractivity (Wildman–Crippen MR) is 111 cm³/mol. The van der Waals surface area contributed by atoms with E-state index in [-0.39, 0.29) is 12.5 Å². The van der Waals surface area contributed by atoms with Gasteiger partial charge in [0.25, 0.3) is 0 Å². The van der Waals surface area contributed by atoms with Crippen LogP contribution in [0.5, 0.6) is 0 Å². The monoisotopic (exact) mass is 409 g/mol. The Morgan fingerprint density at radius 3 is 2.67 bits per heavy atom. The van der Waals surface area contributed by atoms with Crippen molar-refractivity contribution in [3.8, 4) is 11.4 Å². The number of nitrogens with two attached hydrogens (primary N) is 1. The molecule has 2 aromatic heterocycles. The molecular formula is C20H23N7O3. The fraction of sp³-hybridized carbons (Fsp3) is 0.350. The SMILES string of the molecule is NC(=O)c1ccc(-c2nc(NCCO)c3ncn(CCN4CCCC4=O)c3n2)cc1. The van der Waals surface area contributed by atoms with E-state index < -0.39 is 5.91 Å². The number of primary amides is 1. The Kier molecular flexibility index (Phi) is 5.57. The minimum atomic E-state index is -0.502. The van der Waals surface area contributed by atoms with Gasteiger partial charge in [0.2, 0.25) is 11.8 Å². The Bertz CT molecular complexity index is 1080. The quantitative estimate of drug-likeness (QED) is 0.495. The average molecular weight is 409 g/mol. The zero-order valence-electron chi connectivity index (χ0n) is 16.4. The second-order valence-corrected chi connectivity index (χ2v) is 7.08. The lowest BCUT2D eigenvalue weighted by molar-refractivity contribution is -0.127. The van der Waals surface area contributed by atoms with Crippen LogP contribution < -0.4 is 11.1 Å². The number of nitrogens with zero attached hydrogens (tertiary/aromatic N) is 5. The minimum absolute atomic E-state index is 0.0497. The molecule has 1 aromatic carbocycles. The first-order chi connectivity index (χ1) is 14.6. The summed E-state index contributed by atoms with van der Waals surface area (Å²) in [5, 5.41) is 12.3. The Labute approximate surface area is 172 Å². The van der Waals surface area contributed by atoms with Crippen molar-refractivity contribution in [1.82, 2.24) is 24.4 Å². The number of aromatic nitrogens is 4. The van der Waals surface area contributed by atoms with Gasteiger partial charge in [0, 0.05) is 43.7 Å². The highest BCUT2D eigenvalue weighted by molar-refractivity contribution is 5.93. The van der Waals surface area contributed by atoms with Crippen LogP contribution in [-0.2, 0) is 11.3 Å². The topological polar surface area (TPSA) is 139 Å². The molecule has 0 unspecified atom stereocenters. The number of anilines is 1. The van der Waals surface area contributed by atoms with Crippen molar-refractivity contribution in [2.75, 3.05) is 31.6 Å². The van der Waals surface area contributed by atoms with Crippen LogP contribution in [0, 0.1) is 0 Å². The maximum atomic E-state index is 11.9. The van der Waals surface area contributed by atoms with E-state index in [4.69, 9.17) is 5.73 Å². The molecule has 2 amide bonds. The molecule has 1 aliphatic heterocycles. The Morgan fingerprint density at radius 1 is 1.20 bits per heavy atom. The number of likely N-dealkylation sites (tertiary alicyclic amines) is 1. The summed E-state index contributed by atoms with van der Waals surface area (Å²) in [5.41, 5.74) is 7.66. The Hall–Kier alpha value is -3.53. The second-order valence-electron chi connectivity index (χ2n) is 7.08. The van der Waals surface area contributed by atoms with Crippen molar-refractivity contribution < 1.29 is 14.7 Å². The normalized spacial score (nSPS) is 13.9. The molecule has 1 aliphatic rings. The Balaban J connectivity index is 1.69. The van der Waals surface area contributed by atoms with E-state index in [0.717, 1.165) is 18.5 Å². The standard InChI is InChI=1S/C20H23N7O3/c21-17(30)13-3-5-14(6-4-13)18-24-19(22-7-11-28)16-20(25-18)27(12-23-16)10-9-26-8-1-2-15(26)29/h3-6,12,28H,1-2,7-11H2,(H2,21,30)(H,22,24,25). The molecule has 0 spiro atoms. The van der Waals surface area contributed by atoms with Gasteiger partial charge in [-0.15, -0.1) is 0 Å². The first kappa shape index (κ1) is 19.8. The highest BCUT2D eigenvalue weighted by Gasteiger charge is 2.20. The number of aliphatic hydroxyl groups excluding tert-OH is 1. The lowest BCUT2D eigenvalue weighted by Crippen LogP contribution is -2.28. The van der Waals surface area contributed by atoms with Crippen LogP contribution in [0.25, 0.3) is 22.6 Å². The number of amides is 2. The molecule has 0 bridgehead atoms. The fourth-order valence-electron chi connectivity index (χ4n) is 3.49. The van der Waals surface area contributed by atoms with Crippen molar-refractivity contribution in [2.45, 2.75) is 19.4 Å². The van der Waals surface area contributed by atoms with Gasteiger partial charge in [-0.05, 0) is 18.6 Å². The van der Waals surface area contributed by atoms with Crippen molar-refractivity contribution in [3.05, 3.63) is 36.2 Å². The van der Waals surface area contributed by atoms with E-state index in [1.54, 1.807) is 30.6 Å². The molecule has 4 N–H and O–H groups in total. The van der Waals surface area contributed by atoms with E-state index in [0.29, 0.717) is 54.4 Å².